The summed E-state index contributed by atoms with van der Waals surface area (Å²) in [5.41, 5.74) is 6.43. The van der Waals surface area contributed by atoms with E-state index in [1.54, 1.807) is 6.07 Å². The Morgan fingerprint density at radius 3 is 2.76 bits per heavy atom. The zero-order valence-electron chi connectivity index (χ0n) is 9.88. The summed E-state index contributed by atoms with van der Waals surface area (Å²) in [6, 6.07) is 4.05. The Kier molecular flexibility index (Phi) is 5.78. The van der Waals surface area contributed by atoms with Crippen LogP contribution in [0.2, 0.25) is 0 Å². The van der Waals surface area contributed by atoms with E-state index in [1.165, 1.54) is 12.1 Å². The SMILES string of the molecule is CCCCC(N)C(=O)Cc1cc(F)cc(Br)c1. The monoisotopic (exact) mass is 301 g/mol. The van der Waals surface area contributed by atoms with Crippen molar-refractivity contribution in [3.8, 4) is 0 Å². The van der Waals surface area contributed by atoms with E-state index < -0.39 is 6.04 Å². The third-order valence-electron chi connectivity index (χ3n) is 2.58. The summed E-state index contributed by atoms with van der Waals surface area (Å²) in [6.45, 7) is 2.06. The summed E-state index contributed by atoms with van der Waals surface area (Å²) in [4.78, 5) is 11.8. The summed E-state index contributed by atoms with van der Waals surface area (Å²) in [7, 11) is 0. The van der Waals surface area contributed by atoms with Gasteiger partial charge in [-0.2, -0.15) is 0 Å². The van der Waals surface area contributed by atoms with Crippen molar-refractivity contribution in [2.45, 2.75) is 38.6 Å². The molecule has 0 spiro atoms. The first kappa shape index (κ1) is 14.3. The molecule has 0 saturated heterocycles. The second-order valence-corrected chi connectivity index (χ2v) is 5.09. The minimum atomic E-state index is -0.433. The molecule has 0 bridgehead atoms. The van der Waals surface area contributed by atoms with Gasteiger partial charge in [0.1, 0.15) is 5.82 Å². The molecule has 1 aromatic carbocycles. The molecular weight excluding hydrogens is 285 g/mol. The van der Waals surface area contributed by atoms with Gasteiger partial charge in [-0.05, 0) is 30.2 Å². The van der Waals surface area contributed by atoms with Crippen LogP contribution < -0.4 is 5.73 Å². The van der Waals surface area contributed by atoms with E-state index in [0.29, 0.717) is 16.5 Å². The van der Waals surface area contributed by atoms with E-state index in [0.717, 1.165) is 12.8 Å². The van der Waals surface area contributed by atoms with Gasteiger partial charge in [0.2, 0.25) is 0 Å². The predicted molar refractivity (Wildman–Crippen MR) is 70.3 cm³/mol. The molecule has 4 heteroatoms. The number of halogens is 2. The molecule has 0 aliphatic rings. The van der Waals surface area contributed by atoms with E-state index >= 15 is 0 Å². The molecule has 0 amide bonds. The molecule has 0 aliphatic heterocycles. The first-order valence-electron chi connectivity index (χ1n) is 5.76. The molecule has 0 aromatic heterocycles. The van der Waals surface area contributed by atoms with E-state index in [1.807, 2.05) is 0 Å². The lowest BCUT2D eigenvalue weighted by atomic mass is 10.0. The first-order chi connectivity index (χ1) is 8.02. The van der Waals surface area contributed by atoms with Gasteiger partial charge in [-0.3, -0.25) is 4.79 Å². The molecule has 94 valence electrons. The molecule has 1 aromatic rings. The molecule has 2 N–H and O–H groups in total. The topological polar surface area (TPSA) is 43.1 Å². The molecule has 17 heavy (non-hydrogen) atoms. The second-order valence-electron chi connectivity index (χ2n) is 4.17. The zero-order valence-corrected chi connectivity index (χ0v) is 11.5. The molecule has 0 radical (unpaired) electrons. The Hall–Kier alpha value is -0.740. The van der Waals surface area contributed by atoms with Crippen molar-refractivity contribution < 1.29 is 9.18 Å². The molecule has 1 unspecified atom stereocenters. The molecule has 0 aliphatic carbocycles. The second kappa shape index (κ2) is 6.87. The highest BCUT2D eigenvalue weighted by Crippen LogP contribution is 2.16. The third kappa shape index (κ3) is 4.96. The van der Waals surface area contributed by atoms with Gasteiger partial charge in [0.05, 0.1) is 6.04 Å². The van der Waals surface area contributed by atoms with E-state index in [-0.39, 0.29) is 18.0 Å². The van der Waals surface area contributed by atoms with Gasteiger partial charge in [0.15, 0.2) is 5.78 Å². The van der Waals surface area contributed by atoms with Crippen molar-refractivity contribution >= 4 is 21.7 Å². The molecule has 0 heterocycles. The Bertz CT molecular complexity index is 375. The zero-order chi connectivity index (χ0) is 12.8. The van der Waals surface area contributed by atoms with E-state index in [4.69, 9.17) is 5.73 Å². The molecule has 0 saturated carbocycles. The van der Waals surface area contributed by atoms with Gasteiger partial charge in [0.25, 0.3) is 0 Å². The average Bonchev–Trinajstić information content (AvgIpc) is 2.24. The normalized spacial score (nSPS) is 12.5. The number of carbonyl (C=O) groups is 1. The number of unbranched alkanes of at least 4 members (excludes halogenated alkanes) is 1. The Balaban J connectivity index is 2.61. The number of hydrogen-bond acceptors (Lipinski definition) is 2. The van der Waals surface area contributed by atoms with Crippen LogP contribution in [0.15, 0.2) is 22.7 Å². The van der Waals surface area contributed by atoms with Gasteiger partial charge in [-0.25, -0.2) is 4.39 Å². The summed E-state index contributed by atoms with van der Waals surface area (Å²) < 4.78 is 13.8. The van der Waals surface area contributed by atoms with Gasteiger partial charge < -0.3 is 5.73 Å². The minimum Gasteiger partial charge on any atom is -0.321 e. The summed E-state index contributed by atoms with van der Waals surface area (Å²) in [6.07, 6.45) is 2.86. The Labute approximate surface area is 110 Å². The first-order valence-corrected chi connectivity index (χ1v) is 6.55. The maximum atomic E-state index is 13.1. The predicted octanol–water partition coefficient (Wildman–Crippen LogP) is 3.22. The Morgan fingerprint density at radius 2 is 2.18 bits per heavy atom. The average molecular weight is 302 g/mol. The third-order valence-corrected chi connectivity index (χ3v) is 3.04. The van der Waals surface area contributed by atoms with Crippen molar-refractivity contribution in [2.75, 3.05) is 0 Å². The number of nitrogens with two attached hydrogens (primary N) is 1. The number of carbonyl (C=O) groups excluding carboxylic acids is 1. The van der Waals surface area contributed by atoms with Crippen LogP contribution >= 0.6 is 15.9 Å². The summed E-state index contributed by atoms with van der Waals surface area (Å²) in [5.74, 6) is -0.375. The fraction of sp³-hybridized carbons (Fsp3) is 0.462. The fourth-order valence-corrected chi connectivity index (χ4v) is 2.14. The highest BCUT2D eigenvalue weighted by atomic mass is 79.9. The standard InChI is InChI=1S/C13H17BrFNO/c1-2-3-4-12(16)13(17)7-9-5-10(14)8-11(15)6-9/h5-6,8,12H,2-4,7,16H2,1H3. The molecular formula is C13H17BrFNO. The van der Waals surface area contributed by atoms with Crippen LogP contribution in [-0.4, -0.2) is 11.8 Å². The number of ketones is 1. The van der Waals surface area contributed by atoms with Crippen LogP contribution in [0.1, 0.15) is 31.7 Å². The quantitative estimate of drug-likeness (QED) is 0.877. The van der Waals surface area contributed by atoms with Crippen LogP contribution in [0.3, 0.4) is 0 Å². The summed E-state index contributed by atoms with van der Waals surface area (Å²) >= 11 is 3.20. The van der Waals surface area contributed by atoms with E-state index in [9.17, 15) is 9.18 Å². The lowest BCUT2D eigenvalue weighted by Gasteiger charge is -2.10. The maximum Gasteiger partial charge on any atom is 0.153 e. The van der Waals surface area contributed by atoms with Crippen LogP contribution in [0.25, 0.3) is 0 Å². The lowest BCUT2D eigenvalue weighted by Crippen LogP contribution is -2.31. The van der Waals surface area contributed by atoms with Gasteiger partial charge in [-0.15, -0.1) is 0 Å². The fourth-order valence-electron chi connectivity index (χ4n) is 1.63. The van der Waals surface area contributed by atoms with Gasteiger partial charge in [-0.1, -0.05) is 35.7 Å². The number of rotatable bonds is 6. The lowest BCUT2D eigenvalue weighted by molar-refractivity contribution is -0.119. The van der Waals surface area contributed by atoms with Crippen molar-refractivity contribution in [3.63, 3.8) is 0 Å². The van der Waals surface area contributed by atoms with Gasteiger partial charge >= 0.3 is 0 Å². The van der Waals surface area contributed by atoms with Crippen molar-refractivity contribution in [1.82, 2.24) is 0 Å². The van der Waals surface area contributed by atoms with Crippen LogP contribution in [0, 0.1) is 5.82 Å². The molecule has 1 rings (SSSR count). The molecule has 2 nitrogen and oxygen atoms in total. The van der Waals surface area contributed by atoms with Crippen LogP contribution in [0.4, 0.5) is 4.39 Å². The Morgan fingerprint density at radius 1 is 1.47 bits per heavy atom. The summed E-state index contributed by atoms with van der Waals surface area (Å²) in [5, 5.41) is 0. The molecule has 0 fully saturated rings. The smallest absolute Gasteiger partial charge is 0.153 e. The number of benzene rings is 1. The highest BCUT2D eigenvalue weighted by molar-refractivity contribution is 9.10. The minimum absolute atomic E-state index is 0.0315. The number of hydrogen-bond donors (Lipinski definition) is 1. The van der Waals surface area contributed by atoms with Crippen molar-refractivity contribution in [3.05, 3.63) is 34.1 Å². The van der Waals surface area contributed by atoms with Crippen LogP contribution in [-0.2, 0) is 11.2 Å². The van der Waals surface area contributed by atoms with Crippen LogP contribution in [0.5, 0.6) is 0 Å². The largest absolute Gasteiger partial charge is 0.321 e. The van der Waals surface area contributed by atoms with Crippen molar-refractivity contribution in [1.29, 1.82) is 0 Å². The van der Waals surface area contributed by atoms with E-state index in [2.05, 4.69) is 22.9 Å². The maximum absolute atomic E-state index is 13.1. The molecule has 1 atom stereocenters. The number of Topliss-reactive ketones (excluding diaryl/α,β-unsaturated/α-hetero) is 1. The van der Waals surface area contributed by atoms with Crippen molar-refractivity contribution in [2.24, 2.45) is 5.73 Å². The van der Waals surface area contributed by atoms with Gasteiger partial charge in [0, 0.05) is 10.9 Å². The highest BCUT2D eigenvalue weighted by Gasteiger charge is 2.14.